The van der Waals surface area contributed by atoms with Gasteiger partial charge in [0.15, 0.2) is 5.96 Å². The van der Waals surface area contributed by atoms with Crippen LogP contribution in [0.4, 0.5) is 0 Å². The van der Waals surface area contributed by atoms with Crippen molar-refractivity contribution in [1.29, 1.82) is 0 Å². The fraction of sp³-hybridized carbons (Fsp3) is 0.350. The molecule has 2 aromatic rings. The molecule has 0 radical (unpaired) electrons. The van der Waals surface area contributed by atoms with Crippen LogP contribution in [0.2, 0.25) is 0 Å². The minimum atomic E-state index is -0.0308. The number of benzene rings is 2. The second kappa shape index (κ2) is 10.3. The molecule has 3 N–H and O–H groups in total. The molecule has 0 aliphatic carbocycles. The largest absolute Gasteiger partial charge is 0.508 e. The van der Waals surface area contributed by atoms with Crippen molar-refractivity contribution in [1.82, 2.24) is 10.6 Å². The van der Waals surface area contributed by atoms with Crippen LogP contribution in [0.3, 0.4) is 0 Å². The summed E-state index contributed by atoms with van der Waals surface area (Å²) in [6, 6.07) is 15.6. The average molecular weight is 469 g/mol. The Bertz CT molecular complexity index is 718. The lowest BCUT2D eigenvalue weighted by Crippen LogP contribution is -2.43. The molecule has 0 unspecified atom stereocenters. The summed E-state index contributed by atoms with van der Waals surface area (Å²) in [5, 5.41) is 16.5. The first-order valence-corrected chi connectivity index (χ1v) is 8.32. The topological polar surface area (TPSA) is 65.9 Å². The Morgan fingerprint density at radius 1 is 1.12 bits per heavy atom. The first-order chi connectivity index (χ1) is 12.0. The second-order valence-corrected chi connectivity index (χ2v) is 6.52. The SMILES string of the molecule is CN=C(NCc1cc(OC)ccc1O)NCC(C)(C)c1ccccc1.I. The van der Waals surface area contributed by atoms with Crippen LogP contribution < -0.4 is 15.4 Å². The molecular formula is C20H28IN3O2. The van der Waals surface area contributed by atoms with Crippen molar-refractivity contribution in [3.63, 3.8) is 0 Å². The molecule has 5 nitrogen and oxygen atoms in total. The van der Waals surface area contributed by atoms with Crippen molar-refractivity contribution in [3.8, 4) is 11.5 Å². The molecule has 6 heteroatoms. The Balaban J connectivity index is 0.00000338. The van der Waals surface area contributed by atoms with Gasteiger partial charge in [0.05, 0.1) is 7.11 Å². The molecule has 0 aliphatic heterocycles. The Morgan fingerprint density at radius 2 is 1.81 bits per heavy atom. The Labute approximate surface area is 172 Å². The number of phenols is 1. The first-order valence-electron chi connectivity index (χ1n) is 8.32. The molecule has 0 aromatic heterocycles. The summed E-state index contributed by atoms with van der Waals surface area (Å²) in [4.78, 5) is 4.25. The molecule has 0 saturated carbocycles. The second-order valence-electron chi connectivity index (χ2n) is 6.52. The van der Waals surface area contributed by atoms with Gasteiger partial charge in [-0.2, -0.15) is 0 Å². The van der Waals surface area contributed by atoms with Gasteiger partial charge in [0.25, 0.3) is 0 Å². The van der Waals surface area contributed by atoms with E-state index in [9.17, 15) is 5.11 Å². The monoisotopic (exact) mass is 469 g/mol. The summed E-state index contributed by atoms with van der Waals surface area (Å²) in [5.41, 5.74) is 1.99. The molecule has 142 valence electrons. The molecule has 0 bridgehead atoms. The molecule has 0 saturated heterocycles. The van der Waals surface area contributed by atoms with Crippen LogP contribution in [0.15, 0.2) is 53.5 Å². The maximum atomic E-state index is 9.97. The van der Waals surface area contributed by atoms with Crippen LogP contribution in [0.25, 0.3) is 0 Å². The number of nitrogens with zero attached hydrogens (tertiary/aromatic N) is 1. The number of nitrogens with one attached hydrogen (secondary N) is 2. The van der Waals surface area contributed by atoms with E-state index < -0.39 is 0 Å². The Hall–Kier alpha value is -1.96. The summed E-state index contributed by atoms with van der Waals surface area (Å²) >= 11 is 0. The molecule has 0 aliphatic rings. The van der Waals surface area contributed by atoms with Gasteiger partial charge in [0.1, 0.15) is 11.5 Å². The third-order valence-corrected chi connectivity index (χ3v) is 4.21. The van der Waals surface area contributed by atoms with Crippen LogP contribution in [-0.2, 0) is 12.0 Å². The van der Waals surface area contributed by atoms with Crippen molar-refractivity contribution in [3.05, 3.63) is 59.7 Å². The van der Waals surface area contributed by atoms with Gasteiger partial charge in [-0.25, -0.2) is 0 Å². The zero-order chi connectivity index (χ0) is 18.3. The first kappa shape index (κ1) is 22.1. The highest BCUT2D eigenvalue weighted by molar-refractivity contribution is 14.0. The number of halogens is 1. The van der Waals surface area contributed by atoms with Gasteiger partial charge in [-0.1, -0.05) is 44.2 Å². The normalized spacial score (nSPS) is 11.5. The van der Waals surface area contributed by atoms with Crippen molar-refractivity contribution in [2.75, 3.05) is 20.7 Å². The van der Waals surface area contributed by atoms with Gasteiger partial charge in [-0.05, 0) is 23.8 Å². The summed E-state index contributed by atoms with van der Waals surface area (Å²) in [6.45, 7) is 5.57. The minimum Gasteiger partial charge on any atom is -0.508 e. The number of guanidine groups is 1. The number of methoxy groups -OCH3 is 1. The van der Waals surface area contributed by atoms with Crippen molar-refractivity contribution >= 4 is 29.9 Å². The minimum absolute atomic E-state index is 0. The lowest BCUT2D eigenvalue weighted by Gasteiger charge is -2.26. The maximum Gasteiger partial charge on any atom is 0.191 e. The number of hydrogen-bond donors (Lipinski definition) is 3. The zero-order valence-electron chi connectivity index (χ0n) is 15.7. The van der Waals surface area contributed by atoms with E-state index in [-0.39, 0.29) is 35.1 Å². The quantitative estimate of drug-likeness (QED) is 0.343. The van der Waals surface area contributed by atoms with Gasteiger partial charge in [0, 0.05) is 31.1 Å². The van der Waals surface area contributed by atoms with Crippen LogP contribution in [0, 0.1) is 0 Å². The molecule has 26 heavy (non-hydrogen) atoms. The highest BCUT2D eigenvalue weighted by atomic mass is 127. The van der Waals surface area contributed by atoms with Crippen molar-refractivity contribution < 1.29 is 9.84 Å². The maximum absolute atomic E-state index is 9.97. The van der Waals surface area contributed by atoms with Gasteiger partial charge in [-0.15, -0.1) is 24.0 Å². The summed E-state index contributed by atoms with van der Waals surface area (Å²) in [5.74, 6) is 1.63. The number of aliphatic imine (C=N–C) groups is 1. The molecule has 2 aromatic carbocycles. The van der Waals surface area contributed by atoms with Crippen LogP contribution in [0.5, 0.6) is 11.5 Å². The molecule has 0 atom stereocenters. The molecule has 0 amide bonds. The number of rotatable bonds is 6. The summed E-state index contributed by atoms with van der Waals surface area (Å²) < 4.78 is 5.20. The number of aromatic hydroxyl groups is 1. The summed E-state index contributed by atoms with van der Waals surface area (Å²) in [7, 11) is 3.34. The lowest BCUT2D eigenvalue weighted by atomic mass is 9.85. The highest BCUT2D eigenvalue weighted by Crippen LogP contribution is 2.23. The van der Waals surface area contributed by atoms with Gasteiger partial charge in [-0.3, -0.25) is 4.99 Å². The zero-order valence-corrected chi connectivity index (χ0v) is 18.1. The van der Waals surface area contributed by atoms with Crippen LogP contribution in [0.1, 0.15) is 25.0 Å². The van der Waals surface area contributed by atoms with Gasteiger partial charge < -0.3 is 20.5 Å². The number of phenolic OH excluding ortho intramolecular Hbond substituents is 1. The van der Waals surface area contributed by atoms with E-state index in [0.29, 0.717) is 18.3 Å². The van der Waals surface area contributed by atoms with Crippen LogP contribution >= 0.6 is 24.0 Å². The fourth-order valence-electron chi connectivity index (χ4n) is 2.53. The van der Waals surface area contributed by atoms with E-state index in [1.165, 1.54) is 5.56 Å². The Morgan fingerprint density at radius 3 is 2.42 bits per heavy atom. The predicted octanol–water partition coefficient (Wildman–Crippen LogP) is 3.66. The standard InChI is InChI=1S/C20H27N3O2.HI/c1-20(2,16-8-6-5-7-9-16)14-23-19(21-3)22-13-15-12-17(25-4)10-11-18(15)24;/h5-12,24H,13-14H2,1-4H3,(H2,21,22,23);1H. The lowest BCUT2D eigenvalue weighted by molar-refractivity contribution is 0.410. The molecular weight excluding hydrogens is 441 g/mol. The third-order valence-electron chi connectivity index (χ3n) is 4.21. The van der Waals surface area contributed by atoms with E-state index in [2.05, 4.69) is 53.7 Å². The van der Waals surface area contributed by atoms with Crippen LogP contribution in [-0.4, -0.2) is 31.8 Å². The fourth-order valence-corrected chi connectivity index (χ4v) is 2.53. The number of ether oxygens (including phenoxy) is 1. The van der Waals surface area contributed by atoms with Crippen molar-refractivity contribution in [2.24, 2.45) is 4.99 Å². The van der Waals surface area contributed by atoms with E-state index in [1.54, 1.807) is 26.3 Å². The smallest absolute Gasteiger partial charge is 0.191 e. The van der Waals surface area contributed by atoms with E-state index in [4.69, 9.17) is 4.74 Å². The molecule has 2 rings (SSSR count). The predicted molar refractivity (Wildman–Crippen MR) is 118 cm³/mol. The van der Waals surface area contributed by atoms with Gasteiger partial charge in [0.2, 0.25) is 0 Å². The van der Waals surface area contributed by atoms with Gasteiger partial charge >= 0.3 is 0 Å². The number of hydrogen-bond acceptors (Lipinski definition) is 3. The third kappa shape index (κ3) is 6.09. The summed E-state index contributed by atoms with van der Waals surface area (Å²) in [6.07, 6.45) is 0. The van der Waals surface area contributed by atoms with E-state index in [1.807, 2.05) is 12.1 Å². The molecule has 0 heterocycles. The molecule has 0 fully saturated rings. The van der Waals surface area contributed by atoms with E-state index in [0.717, 1.165) is 12.1 Å². The van der Waals surface area contributed by atoms with E-state index >= 15 is 0 Å². The highest BCUT2D eigenvalue weighted by Gasteiger charge is 2.20. The van der Waals surface area contributed by atoms with Crippen molar-refractivity contribution in [2.45, 2.75) is 25.8 Å². The molecule has 0 spiro atoms. The average Bonchev–Trinajstić information content (AvgIpc) is 2.64. The Kier molecular flexibility index (Phi) is 8.71.